The molecule has 0 bridgehead atoms. The van der Waals surface area contributed by atoms with E-state index in [0.717, 1.165) is 0 Å². The van der Waals surface area contributed by atoms with Gasteiger partial charge in [-0.2, -0.15) is 0 Å². The van der Waals surface area contributed by atoms with Crippen molar-refractivity contribution in [2.75, 3.05) is 20.2 Å². The van der Waals surface area contributed by atoms with Gasteiger partial charge in [-0.05, 0) is 6.07 Å². The first kappa shape index (κ1) is 14.8. The summed E-state index contributed by atoms with van der Waals surface area (Å²) < 4.78 is 4.91. The highest BCUT2D eigenvalue weighted by molar-refractivity contribution is 5.95. The summed E-state index contributed by atoms with van der Waals surface area (Å²) in [5.74, 6) is -1.19. The van der Waals surface area contributed by atoms with Crippen LogP contribution < -0.4 is 4.74 Å². The molecule has 1 aliphatic heterocycles. The van der Waals surface area contributed by atoms with Gasteiger partial charge in [-0.25, -0.2) is 0 Å². The Labute approximate surface area is 120 Å². The molecule has 1 aromatic carbocycles. The number of ether oxygens (including phenoxy) is 1. The van der Waals surface area contributed by atoms with Gasteiger partial charge in [-0.15, -0.1) is 0 Å². The molecule has 0 saturated carbocycles. The molecule has 0 radical (unpaired) electrons. The lowest BCUT2D eigenvalue weighted by molar-refractivity contribution is -0.385. The van der Waals surface area contributed by atoms with Crippen LogP contribution in [0.3, 0.4) is 0 Å². The summed E-state index contributed by atoms with van der Waals surface area (Å²) in [5, 5.41) is 19.4. The van der Waals surface area contributed by atoms with Gasteiger partial charge in [0.1, 0.15) is 0 Å². The third-order valence-corrected chi connectivity index (χ3v) is 3.33. The normalized spacial score (nSPS) is 14.4. The van der Waals surface area contributed by atoms with Crippen molar-refractivity contribution in [1.29, 1.82) is 0 Å². The molecular formula is C13H14N2O6. The van der Waals surface area contributed by atoms with Gasteiger partial charge >= 0.3 is 11.7 Å². The van der Waals surface area contributed by atoms with Gasteiger partial charge < -0.3 is 14.7 Å². The number of aliphatic carboxylic acids is 1. The van der Waals surface area contributed by atoms with Crippen LogP contribution in [0.25, 0.3) is 0 Å². The first-order valence-electron chi connectivity index (χ1n) is 6.26. The van der Waals surface area contributed by atoms with Crippen molar-refractivity contribution in [1.82, 2.24) is 4.90 Å². The zero-order chi connectivity index (χ0) is 15.6. The Morgan fingerprint density at radius 2 is 2.14 bits per heavy atom. The van der Waals surface area contributed by atoms with Gasteiger partial charge in [0, 0.05) is 36.7 Å². The molecule has 1 saturated heterocycles. The number of carboxylic acid groups (broad SMARTS) is 1. The quantitative estimate of drug-likeness (QED) is 0.644. The Bertz CT molecular complexity index is 594. The summed E-state index contributed by atoms with van der Waals surface area (Å²) in [6.45, 7) is 0.759. The van der Waals surface area contributed by atoms with Gasteiger partial charge in [-0.3, -0.25) is 19.7 Å². The number of hydrogen-bond donors (Lipinski definition) is 1. The van der Waals surface area contributed by atoms with Crippen molar-refractivity contribution in [2.24, 2.45) is 5.92 Å². The van der Waals surface area contributed by atoms with E-state index in [9.17, 15) is 19.7 Å². The van der Waals surface area contributed by atoms with E-state index < -0.39 is 10.9 Å². The zero-order valence-electron chi connectivity index (χ0n) is 11.3. The molecule has 0 atom stereocenters. The van der Waals surface area contributed by atoms with Crippen LogP contribution in [-0.4, -0.2) is 47.0 Å². The summed E-state index contributed by atoms with van der Waals surface area (Å²) in [6.07, 6.45) is 0.0351. The van der Waals surface area contributed by atoms with Crippen molar-refractivity contribution in [3.63, 3.8) is 0 Å². The molecular weight excluding hydrogens is 280 g/mol. The molecule has 21 heavy (non-hydrogen) atoms. The number of carboxylic acids is 1. The lowest BCUT2D eigenvalue weighted by Crippen LogP contribution is -2.50. The average molecular weight is 294 g/mol. The van der Waals surface area contributed by atoms with E-state index in [1.165, 1.54) is 30.2 Å². The third kappa shape index (κ3) is 3.10. The fraction of sp³-hybridized carbons (Fsp3) is 0.385. The van der Waals surface area contributed by atoms with E-state index in [4.69, 9.17) is 9.84 Å². The molecule has 2 rings (SSSR count). The number of nitro benzene ring substituents is 1. The van der Waals surface area contributed by atoms with E-state index in [1.54, 1.807) is 0 Å². The first-order chi connectivity index (χ1) is 9.92. The molecule has 0 unspecified atom stereocenters. The van der Waals surface area contributed by atoms with Crippen molar-refractivity contribution in [2.45, 2.75) is 6.42 Å². The standard InChI is InChI=1S/C13H14N2O6/c1-21-11-5-9(2-3-10(11)15(19)20)13(18)14-6-8(7-14)4-12(16)17/h2-3,5,8H,4,6-7H2,1H3,(H,16,17). The Hall–Kier alpha value is -2.64. The lowest BCUT2D eigenvalue weighted by Gasteiger charge is -2.38. The van der Waals surface area contributed by atoms with E-state index >= 15 is 0 Å². The minimum atomic E-state index is -0.885. The van der Waals surface area contributed by atoms with Crippen LogP contribution in [0.2, 0.25) is 0 Å². The van der Waals surface area contributed by atoms with E-state index in [1.807, 2.05) is 0 Å². The van der Waals surface area contributed by atoms with Crippen molar-refractivity contribution >= 4 is 17.6 Å². The van der Waals surface area contributed by atoms with Crippen molar-refractivity contribution < 1.29 is 24.4 Å². The molecule has 8 nitrogen and oxygen atoms in total. The van der Waals surface area contributed by atoms with Crippen LogP contribution in [0, 0.1) is 16.0 Å². The van der Waals surface area contributed by atoms with E-state index in [0.29, 0.717) is 13.1 Å². The van der Waals surface area contributed by atoms with Crippen molar-refractivity contribution in [3.8, 4) is 5.75 Å². The average Bonchev–Trinajstić information content (AvgIpc) is 2.40. The third-order valence-electron chi connectivity index (χ3n) is 3.33. The summed E-state index contributed by atoms with van der Waals surface area (Å²) in [7, 11) is 1.29. The van der Waals surface area contributed by atoms with Crippen LogP contribution >= 0.6 is 0 Å². The van der Waals surface area contributed by atoms with Gasteiger partial charge in [-0.1, -0.05) is 0 Å². The molecule has 0 aromatic heterocycles. The summed E-state index contributed by atoms with van der Waals surface area (Å²) >= 11 is 0. The second-order valence-electron chi connectivity index (χ2n) is 4.82. The number of rotatable bonds is 5. The van der Waals surface area contributed by atoms with E-state index in [2.05, 4.69) is 0 Å². The number of nitrogens with zero attached hydrogens (tertiary/aromatic N) is 2. The maximum atomic E-state index is 12.2. The number of nitro groups is 1. The minimum Gasteiger partial charge on any atom is -0.490 e. The van der Waals surface area contributed by atoms with Crippen molar-refractivity contribution in [3.05, 3.63) is 33.9 Å². The highest BCUT2D eigenvalue weighted by Gasteiger charge is 2.33. The maximum Gasteiger partial charge on any atom is 0.310 e. The molecule has 0 aliphatic carbocycles. The summed E-state index contributed by atoms with van der Waals surface area (Å²) in [6, 6.07) is 3.92. The predicted octanol–water partition coefficient (Wildman–Crippen LogP) is 1.15. The number of likely N-dealkylation sites (tertiary alicyclic amines) is 1. The highest BCUT2D eigenvalue weighted by Crippen LogP contribution is 2.29. The predicted molar refractivity (Wildman–Crippen MR) is 71.3 cm³/mol. The molecule has 1 heterocycles. The Balaban J connectivity index is 2.07. The van der Waals surface area contributed by atoms with Crippen LogP contribution in [0.1, 0.15) is 16.8 Å². The maximum absolute atomic E-state index is 12.2. The van der Waals surface area contributed by atoms with Crippen LogP contribution in [0.4, 0.5) is 5.69 Å². The molecule has 1 fully saturated rings. The number of methoxy groups -OCH3 is 1. The monoisotopic (exact) mass is 294 g/mol. The number of hydrogen-bond acceptors (Lipinski definition) is 5. The second-order valence-corrected chi connectivity index (χ2v) is 4.82. The molecule has 1 aliphatic rings. The highest BCUT2D eigenvalue weighted by atomic mass is 16.6. The SMILES string of the molecule is COc1cc(C(=O)N2CC(CC(=O)O)C2)ccc1[N+](=O)[O-]. The first-order valence-corrected chi connectivity index (χ1v) is 6.26. The fourth-order valence-corrected chi connectivity index (χ4v) is 2.26. The molecule has 0 spiro atoms. The lowest BCUT2D eigenvalue weighted by atomic mass is 9.95. The number of amides is 1. The van der Waals surface area contributed by atoms with E-state index in [-0.39, 0.29) is 35.2 Å². The Morgan fingerprint density at radius 3 is 2.67 bits per heavy atom. The second kappa shape index (κ2) is 5.78. The number of benzene rings is 1. The summed E-state index contributed by atoms with van der Waals surface area (Å²) in [4.78, 5) is 34.4. The van der Waals surface area contributed by atoms with Crippen LogP contribution in [0.15, 0.2) is 18.2 Å². The number of carbonyl (C=O) groups excluding carboxylic acids is 1. The van der Waals surface area contributed by atoms with Gasteiger partial charge in [0.25, 0.3) is 5.91 Å². The smallest absolute Gasteiger partial charge is 0.310 e. The molecule has 1 aromatic rings. The molecule has 8 heteroatoms. The number of carbonyl (C=O) groups is 2. The zero-order valence-corrected chi connectivity index (χ0v) is 11.3. The summed E-state index contributed by atoms with van der Waals surface area (Å²) in [5.41, 5.74) is 0.0765. The molecule has 112 valence electrons. The van der Waals surface area contributed by atoms with Gasteiger partial charge in [0.15, 0.2) is 5.75 Å². The largest absolute Gasteiger partial charge is 0.490 e. The van der Waals surface area contributed by atoms with Crippen LogP contribution in [0.5, 0.6) is 5.75 Å². The Morgan fingerprint density at radius 1 is 1.48 bits per heavy atom. The fourth-order valence-electron chi connectivity index (χ4n) is 2.26. The topological polar surface area (TPSA) is 110 Å². The van der Waals surface area contributed by atoms with Crippen LogP contribution in [-0.2, 0) is 4.79 Å². The minimum absolute atomic E-state index is 0.0217. The van der Waals surface area contributed by atoms with Gasteiger partial charge in [0.05, 0.1) is 18.5 Å². The Kier molecular flexibility index (Phi) is 4.06. The molecule has 1 amide bonds. The molecule has 1 N–H and O–H groups in total. The van der Waals surface area contributed by atoms with Gasteiger partial charge in [0.2, 0.25) is 0 Å².